The molecule has 1 amide bonds. The average molecular weight is 391 g/mol. The van der Waals surface area contributed by atoms with Crippen molar-refractivity contribution in [1.29, 1.82) is 0 Å². The monoisotopic (exact) mass is 390 g/mol. The summed E-state index contributed by atoms with van der Waals surface area (Å²) in [7, 11) is 0. The fourth-order valence-corrected chi connectivity index (χ4v) is 4.63. The number of nitrogens with one attached hydrogen (secondary N) is 1. The van der Waals surface area contributed by atoms with Crippen molar-refractivity contribution in [2.45, 2.75) is 65.0 Å². The summed E-state index contributed by atoms with van der Waals surface area (Å²) >= 11 is 0. The van der Waals surface area contributed by atoms with Crippen molar-refractivity contribution < 1.29 is 4.79 Å². The maximum Gasteiger partial charge on any atom is 0.251 e. The van der Waals surface area contributed by atoms with Gasteiger partial charge in [-0.3, -0.25) is 9.69 Å². The van der Waals surface area contributed by atoms with Gasteiger partial charge in [-0.25, -0.2) is 0 Å². The van der Waals surface area contributed by atoms with E-state index in [9.17, 15) is 4.79 Å². The summed E-state index contributed by atoms with van der Waals surface area (Å²) in [6.07, 6.45) is 7.52. The van der Waals surface area contributed by atoms with Gasteiger partial charge in [-0.1, -0.05) is 37.3 Å². The number of rotatable bonds is 5. The van der Waals surface area contributed by atoms with Crippen molar-refractivity contribution in [3.8, 4) is 0 Å². The van der Waals surface area contributed by atoms with Gasteiger partial charge in [0.05, 0.1) is 6.04 Å². The van der Waals surface area contributed by atoms with Crippen LogP contribution in [0.5, 0.6) is 0 Å². The molecule has 1 atom stereocenters. The fourth-order valence-electron chi connectivity index (χ4n) is 4.63. The number of benzene rings is 2. The largest absolute Gasteiger partial charge is 0.346 e. The Morgan fingerprint density at radius 1 is 1.03 bits per heavy atom. The number of nitrogens with zero attached hydrogens (tertiary/aromatic N) is 1. The Hall–Kier alpha value is -2.13. The minimum atomic E-state index is 0.00793. The molecule has 1 N–H and O–H groups in total. The molecule has 0 unspecified atom stereocenters. The Bertz CT molecular complexity index is 834. The summed E-state index contributed by atoms with van der Waals surface area (Å²) in [4.78, 5) is 15.3. The van der Waals surface area contributed by atoms with Crippen LogP contribution in [0.25, 0.3) is 0 Å². The standard InChI is InChI=1S/C26H34N2O/c1-19-13-15-28(16-14-19)18-21-7-9-23(10-8-21)26(29)27-20(2)24-12-11-22-5-3-4-6-25(22)17-24/h7-12,17,19-20H,3-6,13-16,18H2,1-2H3,(H,27,29)/t20-/m1/s1. The van der Waals surface area contributed by atoms with E-state index >= 15 is 0 Å². The molecule has 1 saturated heterocycles. The average Bonchev–Trinajstić information content (AvgIpc) is 2.75. The summed E-state index contributed by atoms with van der Waals surface area (Å²) in [6, 6.07) is 14.9. The fraction of sp³-hybridized carbons (Fsp3) is 0.500. The highest BCUT2D eigenvalue weighted by Gasteiger charge is 2.17. The van der Waals surface area contributed by atoms with Crippen LogP contribution >= 0.6 is 0 Å². The number of hydrogen-bond acceptors (Lipinski definition) is 2. The molecule has 0 saturated carbocycles. The predicted octanol–water partition coefficient (Wildman–Crippen LogP) is 5.29. The molecule has 1 fully saturated rings. The first-order valence-electron chi connectivity index (χ1n) is 11.3. The van der Waals surface area contributed by atoms with Crippen LogP contribution in [-0.4, -0.2) is 23.9 Å². The van der Waals surface area contributed by atoms with E-state index in [1.165, 1.54) is 73.9 Å². The van der Waals surface area contributed by atoms with Crippen LogP contribution in [0.15, 0.2) is 42.5 Å². The maximum atomic E-state index is 12.7. The van der Waals surface area contributed by atoms with Crippen LogP contribution in [-0.2, 0) is 19.4 Å². The molecule has 3 heteroatoms. The Morgan fingerprint density at radius 2 is 1.72 bits per heavy atom. The number of piperidine rings is 1. The summed E-state index contributed by atoms with van der Waals surface area (Å²) in [6.45, 7) is 7.77. The van der Waals surface area contributed by atoms with Gasteiger partial charge >= 0.3 is 0 Å². The molecule has 29 heavy (non-hydrogen) atoms. The van der Waals surface area contributed by atoms with E-state index < -0.39 is 0 Å². The number of hydrogen-bond donors (Lipinski definition) is 1. The molecule has 2 aromatic rings. The van der Waals surface area contributed by atoms with Crippen LogP contribution in [0.4, 0.5) is 0 Å². The van der Waals surface area contributed by atoms with Gasteiger partial charge < -0.3 is 5.32 Å². The van der Waals surface area contributed by atoms with Crippen molar-refractivity contribution >= 4 is 5.91 Å². The van der Waals surface area contributed by atoms with Gasteiger partial charge in [0.25, 0.3) is 5.91 Å². The second-order valence-electron chi connectivity index (χ2n) is 9.09. The second kappa shape index (κ2) is 9.13. The Labute approximate surface area is 175 Å². The van der Waals surface area contributed by atoms with Crippen molar-refractivity contribution in [2.24, 2.45) is 5.92 Å². The van der Waals surface area contributed by atoms with Crippen LogP contribution in [0.2, 0.25) is 0 Å². The van der Waals surface area contributed by atoms with E-state index in [4.69, 9.17) is 0 Å². The van der Waals surface area contributed by atoms with Crippen LogP contribution in [0, 0.1) is 5.92 Å². The van der Waals surface area contributed by atoms with Gasteiger partial charge in [-0.15, -0.1) is 0 Å². The van der Waals surface area contributed by atoms with E-state index in [0.29, 0.717) is 0 Å². The molecule has 0 bridgehead atoms. The number of carbonyl (C=O) groups is 1. The second-order valence-corrected chi connectivity index (χ2v) is 9.09. The molecule has 0 radical (unpaired) electrons. The highest BCUT2D eigenvalue weighted by atomic mass is 16.1. The lowest BCUT2D eigenvalue weighted by molar-refractivity contribution is 0.0940. The first kappa shape index (κ1) is 20.2. The van der Waals surface area contributed by atoms with E-state index in [0.717, 1.165) is 18.0 Å². The first-order valence-corrected chi connectivity index (χ1v) is 11.3. The third-order valence-corrected chi connectivity index (χ3v) is 6.72. The molecule has 2 aromatic carbocycles. The van der Waals surface area contributed by atoms with E-state index in [-0.39, 0.29) is 11.9 Å². The van der Waals surface area contributed by atoms with Crippen LogP contribution in [0.3, 0.4) is 0 Å². The minimum Gasteiger partial charge on any atom is -0.346 e. The normalized spacial score (nSPS) is 18.8. The lowest BCUT2D eigenvalue weighted by Gasteiger charge is -2.30. The molecule has 1 aliphatic carbocycles. The van der Waals surface area contributed by atoms with E-state index in [1.807, 2.05) is 12.1 Å². The number of amides is 1. The first-order chi connectivity index (χ1) is 14.1. The van der Waals surface area contributed by atoms with Crippen molar-refractivity contribution in [3.63, 3.8) is 0 Å². The zero-order chi connectivity index (χ0) is 20.2. The molecule has 1 heterocycles. The van der Waals surface area contributed by atoms with Gasteiger partial charge in [0.2, 0.25) is 0 Å². The summed E-state index contributed by atoms with van der Waals surface area (Å²) in [5, 5.41) is 3.18. The topological polar surface area (TPSA) is 32.3 Å². The SMILES string of the molecule is CC1CCN(Cc2ccc(C(=O)N[C@H](C)c3ccc4c(c3)CCCC4)cc2)CC1. The minimum absolute atomic E-state index is 0.00793. The summed E-state index contributed by atoms with van der Waals surface area (Å²) in [5.41, 5.74) is 6.18. The molecule has 2 aliphatic rings. The number of carbonyl (C=O) groups excluding carboxylic acids is 1. The van der Waals surface area contributed by atoms with Crippen LogP contribution < -0.4 is 5.32 Å². The van der Waals surface area contributed by atoms with Crippen molar-refractivity contribution in [1.82, 2.24) is 10.2 Å². The lowest BCUT2D eigenvalue weighted by atomic mass is 9.89. The van der Waals surface area contributed by atoms with Gasteiger partial charge in [0, 0.05) is 12.1 Å². The Morgan fingerprint density at radius 3 is 2.45 bits per heavy atom. The predicted molar refractivity (Wildman–Crippen MR) is 119 cm³/mol. The Balaban J connectivity index is 1.34. The van der Waals surface area contributed by atoms with E-state index in [2.05, 4.69) is 54.4 Å². The summed E-state index contributed by atoms with van der Waals surface area (Å²) in [5.74, 6) is 0.864. The zero-order valence-electron chi connectivity index (χ0n) is 17.9. The van der Waals surface area contributed by atoms with Gasteiger partial charge in [0.15, 0.2) is 0 Å². The molecule has 4 rings (SSSR count). The molecular weight excluding hydrogens is 356 g/mol. The molecule has 3 nitrogen and oxygen atoms in total. The quantitative estimate of drug-likeness (QED) is 0.752. The molecule has 154 valence electrons. The smallest absolute Gasteiger partial charge is 0.251 e. The van der Waals surface area contributed by atoms with Gasteiger partial charge in [-0.2, -0.15) is 0 Å². The van der Waals surface area contributed by atoms with Gasteiger partial charge in [-0.05, 0) is 98.8 Å². The number of fused-ring (bicyclic) bond motifs is 1. The lowest BCUT2D eigenvalue weighted by Crippen LogP contribution is -2.32. The third kappa shape index (κ3) is 5.08. The van der Waals surface area contributed by atoms with Crippen LogP contribution in [0.1, 0.15) is 78.2 Å². The highest BCUT2D eigenvalue weighted by Crippen LogP contribution is 2.25. The third-order valence-electron chi connectivity index (χ3n) is 6.72. The number of likely N-dealkylation sites (tertiary alicyclic amines) is 1. The van der Waals surface area contributed by atoms with Gasteiger partial charge in [0.1, 0.15) is 0 Å². The maximum absolute atomic E-state index is 12.7. The van der Waals surface area contributed by atoms with Crippen molar-refractivity contribution in [3.05, 3.63) is 70.3 Å². The van der Waals surface area contributed by atoms with E-state index in [1.54, 1.807) is 0 Å². The Kier molecular flexibility index (Phi) is 6.34. The zero-order valence-corrected chi connectivity index (χ0v) is 17.9. The number of aryl methyl sites for hydroxylation is 2. The highest BCUT2D eigenvalue weighted by molar-refractivity contribution is 5.94. The van der Waals surface area contributed by atoms with Crippen molar-refractivity contribution in [2.75, 3.05) is 13.1 Å². The summed E-state index contributed by atoms with van der Waals surface area (Å²) < 4.78 is 0. The molecular formula is C26H34N2O. The molecule has 0 aromatic heterocycles. The molecule has 1 aliphatic heterocycles. The molecule has 0 spiro atoms.